The molecule has 5 rings (SSSR count). The number of carbonyl (C=O) groups is 1. The highest BCUT2D eigenvalue weighted by Gasteiger charge is 2.37. The van der Waals surface area contributed by atoms with Gasteiger partial charge in [0.15, 0.2) is 0 Å². The number of sulfonamides is 1. The van der Waals surface area contributed by atoms with E-state index in [2.05, 4.69) is 19.9 Å². The molecule has 4 aromatic rings. The van der Waals surface area contributed by atoms with E-state index >= 15 is 0 Å². The van der Waals surface area contributed by atoms with E-state index in [1.165, 1.54) is 4.31 Å². The van der Waals surface area contributed by atoms with Gasteiger partial charge in [-0.05, 0) is 48.4 Å². The van der Waals surface area contributed by atoms with Gasteiger partial charge in [-0.25, -0.2) is 18.4 Å². The van der Waals surface area contributed by atoms with Crippen LogP contribution >= 0.6 is 11.6 Å². The molecule has 11 heteroatoms. The van der Waals surface area contributed by atoms with Crippen LogP contribution in [-0.4, -0.2) is 69.1 Å². The highest BCUT2D eigenvalue weighted by Crippen LogP contribution is 2.27. The van der Waals surface area contributed by atoms with Gasteiger partial charge in [-0.1, -0.05) is 18.5 Å². The minimum atomic E-state index is -3.77. The molecule has 1 fully saturated rings. The first-order valence-electron chi connectivity index (χ1n) is 11.2. The number of amides is 1. The molecule has 0 radical (unpaired) electrons. The van der Waals surface area contributed by atoms with Crippen LogP contribution in [0.25, 0.3) is 22.0 Å². The SMILES string of the molecule is CCC1CN(S(=O)(=O)c2cc3cc(Cl)ccc3[nH]2)CCN1C(=O)c1ncc(-c2ccncc2)cn1. The summed E-state index contributed by atoms with van der Waals surface area (Å²) < 4.78 is 28.1. The molecule has 1 saturated heterocycles. The second-order valence-electron chi connectivity index (χ2n) is 8.32. The van der Waals surface area contributed by atoms with Crippen molar-refractivity contribution in [2.24, 2.45) is 0 Å². The van der Waals surface area contributed by atoms with Crippen LogP contribution in [0.2, 0.25) is 5.02 Å². The van der Waals surface area contributed by atoms with Gasteiger partial charge >= 0.3 is 0 Å². The molecule has 1 amide bonds. The molecule has 1 aliphatic heterocycles. The summed E-state index contributed by atoms with van der Waals surface area (Å²) in [6.07, 6.45) is 7.17. The minimum absolute atomic E-state index is 0.0880. The third kappa shape index (κ3) is 4.52. The van der Waals surface area contributed by atoms with Crippen molar-refractivity contribution in [2.75, 3.05) is 19.6 Å². The molecule has 0 saturated carbocycles. The molecule has 0 spiro atoms. The van der Waals surface area contributed by atoms with Gasteiger partial charge in [0, 0.05) is 72.0 Å². The van der Waals surface area contributed by atoms with Crippen LogP contribution in [0.5, 0.6) is 0 Å². The molecule has 1 aliphatic rings. The summed E-state index contributed by atoms with van der Waals surface area (Å²) in [5.74, 6) is -0.222. The predicted molar refractivity (Wildman–Crippen MR) is 132 cm³/mol. The van der Waals surface area contributed by atoms with E-state index in [0.717, 1.165) is 16.5 Å². The summed E-state index contributed by atoms with van der Waals surface area (Å²) in [6.45, 7) is 2.54. The number of halogens is 1. The maximum atomic E-state index is 13.4. The number of nitrogens with zero attached hydrogens (tertiary/aromatic N) is 5. The van der Waals surface area contributed by atoms with E-state index in [1.54, 1.807) is 54.0 Å². The van der Waals surface area contributed by atoms with Crippen molar-refractivity contribution >= 4 is 38.4 Å². The van der Waals surface area contributed by atoms with Crippen LogP contribution in [0.15, 0.2) is 66.2 Å². The number of nitrogens with one attached hydrogen (secondary N) is 1. The summed E-state index contributed by atoms with van der Waals surface area (Å²) in [6, 6.07) is 10.2. The van der Waals surface area contributed by atoms with E-state index in [1.807, 2.05) is 19.1 Å². The highest BCUT2D eigenvalue weighted by molar-refractivity contribution is 7.89. The van der Waals surface area contributed by atoms with Gasteiger partial charge < -0.3 is 9.88 Å². The lowest BCUT2D eigenvalue weighted by atomic mass is 10.1. The standard InChI is InChI=1S/C24H23ClN6O3S/c1-2-20-15-30(35(33,34)22-12-17-11-19(25)3-4-21(17)29-22)9-10-31(20)24(32)23-27-13-18(14-28-23)16-5-7-26-8-6-16/h3-8,11-14,20,29H,2,9-10,15H2,1H3. The number of aromatic amines is 1. The highest BCUT2D eigenvalue weighted by atomic mass is 35.5. The Kier molecular flexibility index (Phi) is 6.26. The fraction of sp³-hybridized carbons (Fsp3) is 0.250. The number of carbonyl (C=O) groups excluding carboxylic acids is 1. The van der Waals surface area contributed by atoms with Gasteiger partial charge in [0.1, 0.15) is 5.03 Å². The van der Waals surface area contributed by atoms with Crippen molar-refractivity contribution < 1.29 is 13.2 Å². The Morgan fingerprint density at radius 3 is 2.54 bits per heavy atom. The number of piperazine rings is 1. The van der Waals surface area contributed by atoms with Crippen LogP contribution in [0, 0.1) is 0 Å². The average Bonchev–Trinajstić information content (AvgIpc) is 3.32. The van der Waals surface area contributed by atoms with E-state index in [0.29, 0.717) is 17.0 Å². The lowest BCUT2D eigenvalue weighted by Crippen LogP contribution is -2.56. The van der Waals surface area contributed by atoms with E-state index in [4.69, 9.17) is 11.6 Å². The van der Waals surface area contributed by atoms with Gasteiger partial charge in [0.05, 0.1) is 0 Å². The number of hydrogen-bond donors (Lipinski definition) is 1. The first kappa shape index (κ1) is 23.4. The van der Waals surface area contributed by atoms with Crippen LogP contribution in [0.1, 0.15) is 24.0 Å². The van der Waals surface area contributed by atoms with Crippen molar-refractivity contribution in [3.63, 3.8) is 0 Å². The Labute approximate surface area is 207 Å². The van der Waals surface area contributed by atoms with Gasteiger partial charge in [-0.3, -0.25) is 9.78 Å². The molecule has 1 aromatic carbocycles. The van der Waals surface area contributed by atoms with E-state index in [9.17, 15) is 13.2 Å². The van der Waals surface area contributed by atoms with Crippen molar-refractivity contribution in [1.82, 2.24) is 29.1 Å². The fourth-order valence-electron chi connectivity index (χ4n) is 4.28. The Morgan fingerprint density at radius 1 is 1.09 bits per heavy atom. The van der Waals surface area contributed by atoms with Crippen molar-refractivity contribution in [3.8, 4) is 11.1 Å². The van der Waals surface area contributed by atoms with Crippen molar-refractivity contribution in [2.45, 2.75) is 24.4 Å². The third-order valence-corrected chi connectivity index (χ3v) is 8.23. The lowest BCUT2D eigenvalue weighted by molar-refractivity contribution is 0.0546. The Bertz CT molecular complexity index is 1470. The zero-order valence-electron chi connectivity index (χ0n) is 18.9. The third-order valence-electron chi connectivity index (χ3n) is 6.21. The summed E-state index contributed by atoms with van der Waals surface area (Å²) >= 11 is 6.04. The number of benzene rings is 1. The van der Waals surface area contributed by atoms with E-state index in [-0.39, 0.29) is 42.4 Å². The van der Waals surface area contributed by atoms with Gasteiger partial charge in [0.25, 0.3) is 15.9 Å². The number of pyridine rings is 1. The quantitative estimate of drug-likeness (QED) is 0.439. The lowest BCUT2D eigenvalue weighted by Gasteiger charge is -2.39. The summed E-state index contributed by atoms with van der Waals surface area (Å²) in [5, 5.41) is 1.37. The predicted octanol–water partition coefficient (Wildman–Crippen LogP) is 3.60. The fourth-order valence-corrected chi connectivity index (χ4v) is 5.94. The molecule has 3 aromatic heterocycles. The van der Waals surface area contributed by atoms with Crippen molar-refractivity contribution in [3.05, 3.63) is 72.0 Å². The number of fused-ring (bicyclic) bond motifs is 1. The van der Waals surface area contributed by atoms with Gasteiger partial charge in [-0.15, -0.1) is 0 Å². The first-order valence-corrected chi connectivity index (χ1v) is 13.0. The molecule has 0 bridgehead atoms. The zero-order valence-corrected chi connectivity index (χ0v) is 20.5. The maximum Gasteiger partial charge on any atom is 0.291 e. The van der Waals surface area contributed by atoms with Crippen LogP contribution in [0.3, 0.4) is 0 Å². The maximum absolute atomic E-state index is 13.4. The molecule has 9 nitrogen and oxygen atoms in total. The average molecular weight is 511 g/mol. The molecule has 4 heterocycles. The van der Waals surface area contributed by atoms with Crippen LogP contribution in [-0.2, 0) is 10.0 Å². The van der Waals surface area contributed by atoms with Crippen LogP contribution in [0.4, 0.5) is 0 Å². The van der Waals surface area contributed by atoms with Crippen LogP contribution < -0.4 is 0 Å². The molecular formula is C24H23ClN6O3S. The Hall–Kier alpha value is -3.34. The summed E-state index contributed by atoms with van der Waals surface area (Å²) in [5.41, 5.74) is 2.39. The molecule has 0 aliphatic carbocycles. The molecule has 1 unspecified atom stereocenters. The monoisotopic (exact) mass is 510 g/mol. The summed E-state index contributed by atoms with van der Waals surface area (Å²) in [7, 11) is -3.77. The normalized spacial score (nSPS) is 17.1. The van der Waals surface area contributed by atoms with Gasteiger partial charge in [-0.2, -0.15) is 4.31 Å². The second kappa shape index (κ2) is 9.37. The second-order valence-corrected chi connectivity index (χ2v) is 10.7. The van der Waals surface area contributed by atoms with Crippen molar-refractivity contribution in [1.29, 1.82) is 0 Å². The Morgan fingerprint density at radius 2 is 1.83 bits per heavy atom. The topological polar surface area (TPSA) is 112 Å². The molecule has 35 heavy (non-hydrogen) atoms. The number of H-pyrrole nitrogens is 1. The number of rotatable bonds is 5. The smallest absolute Gasteiger partial charge is 0.291 e. The zero-order chi connectivity index (χ0) is 24.6. The largest absolute Gasteiger partial charge is 0.345 e. The number of aromatic nitrogens is 4. The molecular weight excluding hydrogens is 488 g/mol. The Balaban J connectivity index is 1.33. The summed E-state index contributed by atoms with van der Waals surface area (Å²) in [4.78, 5) is 30.4. The minimum Gasteiger partial charge on any atom is -0.345 e. The molecule has 1 N–H and O–H groups in total. The number of hydrogen-bond acceptors (Lipinski definition) is 6. The van der Waals surface area contributed by atoms with E-state index < -0.39 is 10.0 Å². The molecule has 1 atom stereocenters. The molecule has 180 valence electrons. The van der Waals surface area contributed by atoms with Gasteiger partial charge in [0.2, 0.25) is 5.82 Å². The first-order chi connectivity index (χ1) is 16.9.